The van der Waals surface area contributed by atoms with Crippen molar-refractivity contribution in [2.45, 2.75) is 290 Å². The lowest BCUT2D eigenvalue weighted by Gasteiger charge is -2.21. The van der Waals surface area contributed by atoms with Crippen LogP contribution in [0.15, 0.2) is 158 Å². The number of aliphatic hydroxyl groups is 1. The highest BCUT2D eigenvalue weighted by Gasteiger charge is 2.30. The van der Waals surface area contributed by atoms with E-state index in [2.05, 4.69) is 174 Å². The van der Waals surface area contributed by atoms with E-state index < -0.39 is 97.5 Å². The summed E-state index contributed by atoms with van der Waals surface area (Å²) in [7, 11) is -9.99. The standard InChI is InChI=1S/C81H132O17P2/c1-5-9-13-17-21-25-29-32-34-36-37-39-41-44-47-50-54-58-62-66-79(84)92-72-77(98-81(86)68-64-60-56-52-48-42-31-27-23-19-15-11-7-3)74-96-100(89,90)94-70-75(82)69-93-99(87,88)95-73-76(97-80(85)67-63-59-55-51-45-28-24-20-16-12-8-4)71-91-78(83)65-61-57-53-49-46-43-40-38-35-33-30-26-22-18-14-10-6-2/h9-10,13-15,19-22,24-27,31-35,37,39-40,43-44,47,49,53,75-77,82H,5-8,11-12,16-18,23,28-30,36,38,41-42,45-46,48,50-52,54-74H2,1-4H3,(H,87,88)(H,89,90)/b13-9-,14-10-,19-15-,24-20-,25-21-,26-22-,31-27-,34-32-,35-33-,39-37-,43-40-,47-44-,53-49-. The summed E-state index contributed by atoms with van der Waals surface area (Å²) in [4.78, 5) is 72.8. The summed E-state index contributed by atoms with van der Waals surface area (Å²) in [5, 5.41) is 10.6. The fourth-order valence-electron chi connectivity index (χ4n) is 9.24. The second-order valence-corrected chi connectivity index (χ2v) is 27.4. The van der Waals surface area contributed by atoms with Gasteiger partial charge in [0.05, 0.1) is 26.4 Å². The zero-order valence-corrected chi connectivity index (χ0v) is 63.6. The number of esters is 4. The molecule has 0 aromatic carbocycles. The first-order valence-corrected chi connectivity index (χ1v) is 40.7. The molecule has 0 aromatic heterocycles. The minimum Gasteiger partial charge on any atom is -0.462 e. The van der Waals surface area contributed by atoms with E-state index in [4.69, 9.17) is 37.0 Å². The van der Waals surface area contributed by atoms with Gasteiger partial charge in [0.15, 0.2) is 12.2 Å². The molecule has 0 heterocycles. The van der Waals surface area contributed by atoms with Crippen LogP contribution < -0.4 is 0 Å². The number of phosphoric acid groups is 2. The van der Waals surface area contributed by atoms with Crippen molar-refractivity contribution in [2.75, 3.05) is 39.6 Å². The van der Waals surface area contributed by atoms with E-state index in [0.29, 0.717) is 32.1 Å². The van der Waals surface area contributed by atoms with Gasteiger partial charge in [0.2, 0.25) is 0 Å². The Kier molecular flexibility index (Phi) is 68.2. The minimum atomic E-state index is -4.99. The maximum Gasteiger partial charge on any atom is 0.472 e. The summed E-state index contributed by atoms with van der Waals surface area (Å²) in [5.41, 5.74) is 0. The van der Waals surface area contributed by atoms with E-state index in [9.17, 15) is 43.2 Å². The summed E-state index contributed by atoms with van der Waals surface area (Å²) < 4.78 is 68.3. The Balaban J connectivity index is 5.41. The second kappa shape index (κ2) is 72.0. The third kappa shape index (κ3) is 71.1. The van der Waals surface area contributed by atoms with E-state index in [1.165, 1.54) is 12.8 Å². The number of rotatable bonds is 69. The van der Waals surface area contributed by atoms with Crippen molar-refractivity contribution >= 4 is 39.5 Å². The second-order valence-electron chi connectivity index (χ2n) is 24.5. The number of unbranched alkanes of at least 4 members (excludes halogenated alkanes) is 17. The summed E-state index contributed by atoms with van der Waals surface area (Å²) in [6.07, 6.45) is 82.5. The predicted molar refractivity (Wildman–Crippen MR) is 408 cm³/mol. The lowest BCUT2D eigenvalue weighted by Crippen LogP contribution is -2.30. The predicted octanol–water partition coefficient (Wildman–Crippen LogP) is 21.7. The van der Waals surface area contributed by atoms with Gasteiger partial charge >= 0.3 is 39.5 Å². The van der Waals surface area contributed by atoms with Crippen molar-refractivity contribution in [1.29, 1.82) is 0 Å². The van der Waals surface area contributed by atoms with Gasteiger partial charge in [-0.05, 0) is 154 Å². The maximum absolute atomic E-state index is 13.1. The Morgan fingerprint density at radius 3 is 0.900 bits per heavy atom. The van der Waals surface area contributed by atoms with E-state index in [0.717, 1.165) is 173 Å². The number of hydrogen-bond acceptors (Lipinski definition) is 15. The van der Waals surface area contributed by atoms with Gasteiger partial charge < -0.3 is 33.8 Å². The molecule has 0 spiro atoms. The average Bonchev–Trinajstić information content (AvgIpc) is 0.940. The minimum absolute atomic E-state index is 0.0645. The number of allylic oxidation sites excluding steroid dienone is 26. The number of carbonyl (C=O) groups is 4. The highest BCUT2D eigenvalue weighted by molar-refractivity contribution is 7.47. The molecule has 0 amide bonds. The van der Waals surface area contributed by atoms with Gasteiger partial charge in [-0.2, -0.15) is 0 Å². The van der Waals surface area contributed by atoms with Crippen LogP contribution in [0.2, 0.25) is 0 Å². The molecule has 0 aliphatic rings. The first-order chi connectivity index (χ1) is 48.7. The average molecular weight is 1440 g/mol. The molecule has 5 atom stereocenters. The first kappa shape index (κ1) is 94.7. The Morgan fingerprint density at radius 1 is 0.290 bits per heavy atom. The largest absolute Gasteiger partial charge is 0.472 e. The van der Waals surface area contributed by atoms with Crippen molar-refractivity contribution in [1.82, 2.24) is 0 Å². The topological polar surface area (TPSA) is 237 Å². The third-order valence-corrected chi connectivity index (χ3v) is 16.8. The van der Waals surface area contributed by atoms with Gasteiger partial charge in [0.25, 0.3) is 0 Å². The molecule has 17 nitrogen and oxygen atoms in total. The third-order valence-electron chi connectivity index (χ3n) is 14.9. The number of aliphatic hydroxyl groups excluding tert-OH is 1. The molecule has 19 heteroatoms. The molecule has 0 aliphatic heterocycles. The monoisotopic (exact) mass is 1440 g/mol. The molecule has 5 unspecified atom stereocenters. The zero-order chi connectivity index (χ0) is 73.2. The smallest absolute Gasteiger partial charge is 0.462 e. The van der Waals surface area contributed by atoms with Crippen LogP contribution in [0.25, 0.3) is 0 Å². The van der Waals surface area contributed by atoms with Crippen LogP contribution in [0.1, 0.15) is 272 Å². The molecule has 0 fully saturated rings. The molecule has 0 saturated heterocycles. The number of ether oxygens (including phenoxy) is 4. The molecular weight excluding hydrogens is 1310 g/mol. The first-order valence-electron chi connectivity index (χ1n) is 37.7. The molecule has 0 bridgehead atoms. The molecule has 568 valence electrons. The van der Waals surface area contributed by atoms with Crippen LogP contribution >= 0.6 is 15.6 Å². The summed E-state index contributed by atoms with van der Waals surface area (Å²) >= 11 is 0. The molecule has 0 aromatic rings. The molecule has 3 N–H and O–H groups in total. The van der Waals surface area contributed by atoms with Crippen LogP contribution in [-0.4, -0.2) is 96.7 Å². The van der Waals surface area contributed by atoms with Crippen LogP contribution in [0.5, 0.6) is 0 Å². The molecule has 0 saturated carbocycles. The number of hydrogen-bond donors (Lipinski definition) is 3. The summed E-state index contributed by atoms with van der Waals surface area (Å²) in [5.74, 6) is -2.32. The molecule has 100 heavy (non-hydrogen) atoms. The quantitative estimate of drug-likeness (QED) is 0.0169. The van der Waals surface area contributed by atoms with Crippen molar-refractivity contribution in [3.8, 4) is 0 Å². The molecule has 0 rings (SSSR count). The van der Waals surface area contributed by atoms with Gasteiger partial charge in [-0.15, -0.1) is 0 Å². The van der Waals surface area contributed by atoms with E-state index >= 15 is 0 Å². The zero-order valence-electron chi connectivity index (χ0n) is 61.8. The van der Waals surface area contributed by atoms with Crippen molar-refractivity contribution < 1.29 is 80.2 Å². The number of phosphoric ester groups is 2. The number of carbonyl (C=O) groups excluding carboxylic acids is 4. The lowest BCUT2D eigenvalue weighted by molar-refractivity contribution is -0.161. The summed E-state index contributed by atoms with van der Waals surface area (Å²) in [6.45, 7) is 4.38. The van der Waals surface area contributed by atoms with Crippen LogP contribution in [0.4, 0.5) is 0 Å². The highest BCUT2D eigenvalue weighted by atomic mass is 31.2. The van der Waals surface area contributed by atoms with E-state index in [-0.39, 0.29) is 25.7 Å². The fourth-order valence-corrected chi connectivity index (χ4v) is 10.8. The van der Waals surface area contributed by atoms with Gasteiger partial charge in [0, 0.05) is 25.7 Å². The Bertz CT molecular complexity index is 2520. The highest BCUT2D eigenvalue weighted by Crippen LogP contribution is 2.45. The fraction of sp³-hybridized carbons (Fsp3) is 0.630. The van der Waals surface area contributed by atoms with Crippen molar-refractivity contribution in [2.24, 2.45) is 0 Å². The van der Waals surface area contributed by atoms with Crippen LogP contribution in [-0.2, 0) is 65.4 Å². The molecule has 0 radical (unpaired) electrons. The Labute approximate surface area is 604 Å². The lowest BCUT2D eigenvalue weighted by atomic mass is 10.1. The van der Waals surface area contributed by atoms with Gasteiger partial charge in [-0.25, -0.2) is 9.13 Å². The normalized spacial score (nSPS) is 14.8. The van der Waals surface area contributed by atoms with Crippen molar-refractivity contribution in [3.63, 3.8) is 0 Å². The molecular formula is C81H132O17P2. The van der Waals surface area contributed by atoms with Crippen LogP contribution in [0, 0.1) is 0 Å². The maximum atomic E-state index is 13.1. The van der Waals surface area contributed by atoms with E-state index in [1.807, 2.05) is 12.2 Å². The summed E-state index contributed by atoms with van der Waals surface area (Å²) in [6, 6.07) is 0. The van der Waals surface area contributed by atoms with Gasteiger partial charge in [-0.3, -0.25) is 37.3 Å². The van der Waals surface area contributed by atoms with Gasteiger partial charge in [0.1, 0.15) is 19.3 Å². The van der Waals surface area contributed by atoms with E-state index in [1.54, 1.807) is 0 Å². The Hall–Kier alpha value is -5.32. The van der Waals surface area contributed by atoms with Crippen molar-refractivity contribution in [3.05, 3.63) is 158 Å². The molecule has 0 aliphatic carbocycles. The Morgan fingerprint density at radius 2 is 0.550 bits per heavy atom. The van der Waals surface area contributed by atoms with Gasteiger partial charge in [-0.1, -0.05) is 250 Å². The van der Waals surface area contributed by atoms with Crippen LogP contribution in [0.3, 0.4) is 0 Å². The SMILES string of the molecule is CC/C=C\C/C=C\C/C=C\C/C=C\C/C=C\CCCCCC(=O)OCC(COP(=O)(O)OCC(O)COP(=O)(O)OCC(COC(=O)CCC/C=C\C/C=C\C/C=C\C/C=C\C/C=C\CC)OC(=O)CCCCCCC/C=C\CCCC)OC(=O)CCCCCCC/C=C\C/C=C\CCC.